The quantitative estimate of drug-likeness (QED) is 0.846. The van der Waals surface area contributed by atoms with Gasteiger partial charge in [-0.15, -0.1) is 0 Å². The first-order chi connectivity index (χ1) is 13.1. The number of nitrogens with one attached hydrogen (secondary N) is 1. The van der Waals surface area contributed by atoms with Crippen LogP contribution in [0, 0.1) is 17.7 Å². The highest BCUT2D eigenvalue weighted by Crippen LogP contribution is 2.32. The number of piperidine rings is 1. The summed E-state index contributed by atoms with van der Waals surface area (Å²) in [7, 11) is 0. The van der Waals surface area contributed by atoms with Gasteiger partial charge in [-0.2, -0.15) is 0 Å². The van der Waals surface area contributed by atoms with Gasteiger partial charge in [0.25, 0.3) is 0 Å². The first-order valence-electron chi connectivity index (χ1n) is 10.4. The predicted octanol–water partition coefficient (Wildman–Crippen LogP) is 4.04. The van der Waals surface area contributed by atoms with E-state index < -0.39 is 0 Å². The number of amides is 2. The number of carbonyl (C=O) groups is 2. The van der Waals surface area contributed by atoms with Gasteiger partial charge in [0.05, 0.1) is 0 Å². The molecule has 5 heteroatoms. The SMILES string of the molecule is CCC1CCCCN1C(=O)C1CCC(C(=O)NCc2ccccc2F)CC1. The summed E-state index contributed by atoms with van der Waals surface area (Å²) >= 11 is 0. The van der Waals surface area contributed by atoms with Crippen molar-refractivity contribution in [2.75, 3.05) is 6.54 Å². The van der Waals surface area contributed by atoms with Gasteiger partial charge in [0.2, 0.25) is 11.8 Å². The number of rotatable bonds is 5. The van der Waals surface area contributed by atoms with Gasteiger partial charge in [-0.25, -0.2) is 4.39 Å². The molecule has 1 heterocycles. The maximum absolute atomic E-state index is 13.7. The lowest BCUT2D eigenvalue weighted by Crippen LogP contribution is -2.47. The Morgan fingerprint density at radius 1 is 1.07 bits per heavy atom. The van der Waals surface area contributed by atoms with Crippen LogP contribution in [0.15, 0.2) is 24.3 Å². The van der Waals surface area contributed by atoms with Crippen molar-refractivity contribution in [2.45, 2.75) is 70.9 Å². The minimum absolute atomic E-state index is 0.0199. The summed E-state index contributed by atoms with van der Waals surface area (Å²) < 4.78 is 13.7. The van der Waals surface area contributed by atoms with Crippen molar-refractivity contribution in [3.63, 3.8) is 0 Å². The van der Waals surface area contributed by atoms with Gasteiger partial charge in [0.15, 0.2) is 0 Å². The summed E-state index contributed by atoms with van der Waals surface area (Å²) in [6.45, 7) is 3.27. The number of hydrogen-bond donors (Lipinski definition) is 1. The number of likely N-dealkylation sites (tertiary alicyclic amines) is 1. The van der Waals surface area contributed by atoms with Crippen LogP contribution in [0.25, 0.3) is 0 Å². The highest BCUT2D eigenvalue weighted by atomic mass is 19.1. The molecule has 1 aliphatic carbocycles. The van der Waals surface area contributed by atoms with E-state index in [1.807, 2.05) is 0 Å². The fourth-order valence-electron chi connectivity index (χ4n) is 4.52. The van der Waals surface area contributed by atoms with Crippen molar-refractivity contribution in [2.24, 2.45) is 11.8 Å². The lowest BCUT2D eigenvalue weighted by atomic mass is 9.80. The average molecular weight is 375 g/mol. The van der Waals surface area contributed by atoms with Crippen LogP contribution in [-0.2, 0) is 16.1 Å². The Labute approximate surface area is 161 Å². The topological polar surface area (TPSA) is 49.4 Å². The van der Waals surface area contributed by atoms with E-state index in [4.69, 9.17) is 0 Å². The molecule has 0 radical (unpaired) electrons. The van der Waals surface area contributed by atoms with Crippen LogP contribution in [0.5, 0.6) is 0 Å². The normalized spacial score (nSPS) is 25.9. The van der Waals surface area contributed by atoms with Gasteiger partial charge in [-0.1, -0.05) is 25.1 Å². The molecule has 1 saturated carbocycles. The lowest BCUT2D eigenvalue weighted by molar-refractivity contribution is -0.142. The molecular weight excluding hydrogens is 343 g/mol. The molecule has 0 spiro atoms. The third kappa shape index (κ3) is 4.88. The van der Waals surface area contributed by atoms with Crippen LogP contribution >= 0.6 is 0 Å². The number of benzene rings is 1. The molecule has 0 bridgehead atoms. The van der Waals surface area contributed by atoms with Crippen molar-refractivity contribution in [1.82, 2.24) is 10.2 Å². The second kappa shape index (κ2) is 9.34. The number of nitrogens with zero attached hydrogens (tertiary/aromatic N) is 1. The largest absolute Gasteiger partial charge is 0.352 e. The molecule has 3 rings (SSSR count). The molecule has 1 unspecified atom stereocenters. The third-order valence-electron chi connectivity index (χ3n) is 6.24. The Kier molecular flexibility index (Phi) is 6.86. The highest BCUT2D eigenvalue weighted by molar-refractivity contribution is 5.81. The molecule has 2 amide bonds. The lowest BCUT2D eigenvalue weighted by Gasteiger charge is -2.39. The van der Waals surface area contributed by atoms with E-state index in [-0.39, 0.29) is 30.1 Å². The third-order valence-corrected chi connectivity index (χ3v) is 6.24. The van der Waals surface area contributed by atoms with Crippen LogP contribution < -0.4 is 5.32 Å². The van der Waals surface area contributed by atoms with Crippen molar-refractivity contribution in [3.05, 3.63) is 35.6 Å². The molecule has 0 aromatic heterocycles. The molecule has 2 fully saturated rings. The maximum atomic E-state index is 13.7. The minimum Gasteiger partial charge on any atom is -0.352 e. The van der Waals surface area contributed by atoms with Gasteiger partial charge in [-0.3, -0.25) is 9.59 Å². The smallest absolute Gasteiger partial charge is 0.225 e. The predicted molar refractivity (Wildman–Crippen MR) is 103 cm³/mol. The van der Waals surface area contributed by atoms with Crippen molar-refractivity contribution >= 4 is 11.8 Å². The summed E-state index contributed by atoms with van der Waals surface area (Å²) in [5.41, 5.74) is 0.505. The second-order valence-corrected chi connectivity index (χ2v) is 7.95. The molecule has 1 aromatic carbocycles. The Balaban J connectivity index is 1.47. The summed E-state index contributed by atoms with van der Waals surface area (Å²) in [5.74, 6) is -0.0173. The van der Waals surface area contributed by atoms with E-state index in [1.54, 1.807) is 18.2 Å². The van der Waals surface area contributed by atoms with Crippen LogP contribution in [0.1, 0.15) is 63.9 Å². The van der Waals surface area contributed by atoms with Crippen molar-refractivity contribution in [1.29, 1.82) is 0 Å². The summed E-state index contributed by atoms with van der Waals surface area (Å²) in [5, 5.41) is 2.86. The van der Waals surface area contributed by atoms with Gasteiger partial charge < -0.3 is 10.2 Å². The van der Waals surface area contributed by atoms with E-state index in [2.05, 4.69) is 17.1 Å². The van der Waals surface area contributed by atoms with Crippen LogP contribution in [0.4, 0.5) is 4.39 Å². The Morgan fingerprint density at radius 2 is 1.78 bits per heavy atom. The van der Waals surface area contributed by atoms with E-state index in [0.717, 1.165) is 51.5 Å². The average Bonchev–Trinajstić information content (AvgIpc) is 2.72. The van der Waals surface area contributed by atoms with Gasteiger partial charge in [-0.05, 0) is 57.4 Å². The fourth-order valence-corrected chi connectivity index (χ4v) is 4.52. The first kappa shape index (κ1) is 19.8. The summed E-state index contributed by atoms with van der Waals surface area (Å²) in [6, 6.07) is 6.90. The maximum Gasteiger partial charge on any atom is 0.225 e. The molecule has 1 saturated heterocycles. The van der Waals surface area contributed by atoms with E-state index in [1.165, 1.54) is 12.5 Å². The second-order valence-electron chi connectivity index (χ2n) is 7.95. The Hall–Kier alpha value is -1.91. The molecule has 1 N–H and O–H groups in total. The molecule has 1 atom stereocenters. The Morgan fingerprint density at radius 3 is 2.48 bits per heavy atom. The molecule has 1 aliphatic heterocycles. The van der Waals surface area contributed by atoms with Crippen molar-refractivity contribution in [3.8, 4) is 0 Å². The van der Waals surface area contributed by atoms with Crippen LogP contribution in [-0.4, -0.2) is 29.3 Å². The molecular formula is C22H31FN2O2. The Bertz CT molecular complexity index is 655. The fraction of sp³-hybridized carbons (Fsp3) is 0.636. The van der Waals surface area contributed by atoms with Crippen LogP contribution in [0.3, 0.4) is 0 Å². The molecule has 148 valence electrons. The van der Waals surface area contributed by atoms with Crippen LogP contribution in [0.2, 0.25) is 0 Å². The zero-order valence-corrected chi connectivity index (χ0v) is 16.3. The number of halogens is 1. The molecule has 2 aliphatic rings. The van der Waals surface area contributed by atoms with Gasteiger partial charge in [0, 0.05) is 36.5 Å². The number of hydrogen-bond acceptors (Lipinski definition) is 2. The molecule has 27 heavy (non-hydrogen) atoms. The first-order valence-corrected chi connectivity index (χ1v) is 10.4. The van der Waals surface area contributed by atoms with Gasteiger partial charge in [0.1, 0.15) is 5.82 Å². The summed E-state index contributed by atoms with van der Waals surface area (Å²) in [4.78, 5) is 27.5. The zero-order chi connectivity index (χ0) is 19.2. The standard InChI is InChI=1S/C22H31FN2O2/c1-2-19-8-5-6-14-25(19)22(27)17-12-10-16(11-13-17)21(26)24-15-18-7-3-4-9-20(18)23/h3-4,7,9,16-17,19H,2,5-6,8,10-15H2,1H3,(H,24,26). The zero-order valence-electron chi connectivity index (χ0n) is 16.3. The monoisotopic (exact) mass is 374 g/mol. The van der Waals surface area contributed by atoms with Crippen molar-refractivity contribution < 1.29 is 14.0 Å². The number of carbonyl (C=O) groups excluding carboxylic acids is 2. The van der Waals surface area contributed by atoms with E-state index in [9.17, 15) is 14.0 Å². The molecule has 4 nitrogen and oxygen atoms in total. The highest BCUT2D eigenvalue weighted by Gasteiger charge is 2.34. The van der Waals surface area contributed by atoms with E-state index in [0.29, 0.717) is 17.5 Å². The summed E-state index contributed by atoms with van der Waals surface area (Å²) in [6.07, 6.45) is 7.52. The molecule has 1 aromatic rings. The van der Waals surface area contributed by atoms with E-state index >= 15 is 0 Å². The minimum atomic E-state index is -0.292. The van der Waals surface area contributed by atoms with Gasteiger partial charge >= 0.3 is 0 Å².